The van der Waals surface area contributed by atoms with E-state index >= 15 is 0 Å². The zero-order chi connectivity index (χ0) is 40.4. The molecule has 14 heteroatoms. The van der Waals surface area contributed by atoms with Gasteiger partial charge in [0.15, 0.2) is 0 Å². The van der Waals surface area contributed by atoms with Crippen LogP contribution in [0, 0.1) is 0 Å². The molecule has 7 rings (SSSR count). The summed E-state index contributed by atoms with van der Waals surface area (Å²) in [5.74, 6) is -0.704. The highest BCUT2D eigenvalue weighted by Gasteiger charge is 2.30. The van der Waals surface area contributed by atoms with E-state index in [1.54, 1.807) is 58.3 Å². The first-order valence-corrected chi connectivity index (χ1v) is 19.9. The SMILES string of the molecule is CCN(C(=O)Oc1ccc(CC(=O)O)cc1)C1CCN(C(=O)c2ccc(NC(=O)Nc3ccc(-c4cc(N5CCOCC5)cc(N5CCOCC5)c4)cc3)cc2)CC1. The summed E-state index contributed by atoms with van der Waals surface area (Å²) in [6, 6.07) is 27.3. The van der Waals surface area contributed by atoms with E-state index in [4.69, 9.17) is 19.3 Å². The van der Waals surface area contributed by atoms with Crippen LogP contribution in [0.3, 0.4) is 0 Å². The Labute approximate surface area is 338 Å². The van der Waals surface area contributed by atoms with E-state index in [9.17, 15) is 19.2 Å². The van der Waals surface area contributed by atoms with Crippen molar-refractivity contribution in [2.24, 2.45) is 0 Å². The molecule has 0 unspecified atom stereocenters. The van der Waals surface area contributed by atoms with Crippen molar-refractivity contribution in [3.05, 3.63) is 102 Å². The first kappa shape index (κ1) is 40.1. The molecule has 3 heterocycles. The molecule has 0 atom stereocenters. The van der Waals surface area contributed by atoms with E-state index in [1.165, 1.54) is 11.4 Å². The van der Waals surface area contributed by atoms with E-state index in [0.29, 0.717) is 87.2 Å². The molecule has 0 aromatic heterocycles. The largest absolute Gasteiger partial charge is 0.481 e. The summed E-state index contributed by atoms with van der Waals surface area (Å²) in [6.45, 7) is 9.52. The standard InChI is InChI=1S/C44H50N6O8/c1-2-50(44(55)58-40-13-3-31(4-14-40)27-41(51)52)37-15-17-49(18-16-37)42(53)33-7-11-36(12-8-33)46-43(54)45-35-9-5-32(6-10-35)34-28-38(47-19-23-56-24-20-47)30-39(29-34)48-21-25-57-26-22-48/h3-14,28-30,37H,2,15-27H2,1H3,(H,51,52)(H2,45,46,54). The number of hydrogen-bond donors (Lipinski definition) is 3. The number of rotatable bonds is 11. The van der Waals surface area contributed by atoms with Crippen molar-refractivity contribution in [1.29, 1.82) is 0 Å². The summed E-state index contributed by atoms with van der Waals surface area (Å²) in [5.41, 5.74) is 6.80. The predicted octanol–water partition coefficient (Wildman–Crippen LogP) is 6.42. The van der Waals surface area contributed by atoms with Crippen LogP contribution in [-0.4, -0.2) is 117 Å². The van der Waals surface area contributed by atoms with Crippen LogP contribution < -0.4 is 25.2 Å². The average Bonchev–Trinajstić information content (AvgIpc) is 3.25. The van der Waals surface area contributed by atoms with Gasteiger partial charge in [0.05, 0.1) is 32.8 Å². The molecule has 3 saturated heterocycles. The Hall–Kier alpha value is -6.12. The van der Waals surface area contributed by atoms with Gasteiger partial charge in [0, 0.05) is 80.2 Å². The Kier molecular flexibility index (Phi) is 13.1. The Morgan fingerprint density at radius 1 is 0.707 bits per heavy atom. The molecule has 0 spiro atoms. The zero-order valence-electron chi connectivity index (χ0n) is 32.7. The number of amides is 4. The van der Waals surface area contributed by atoms with Gasteiger partial charge in [0.1, 0.15) is 5.75 Å². The number of nitrogens with one attached hydrogen (secondary N) is 2. The maximum Gasteiger partial charge on any atom is 0.415 e. The number of anilines is 4. The van der Waals surface area contributed by atoms with Crippen molar-refractivity contribution in [2.75, 3.05) is 92.7 Å². The van der Waals surface area contributed by atoms with Crippen molar-refractivity contribution in [2.45, 2.75) is 32.2 Å². The molecule has 0 aliphatic carbocycles. The number of hydrogen-bond acceptors (Lipinski definition) is 9. The van der Waals surface area contributed by atoms with E-state index in [2.05, 4.69) is 38.6 Å². The lowest BCUT2D eigenvalue weighted by atomic mass is 10.0. The molecule has 4 aromatic carbocycles. The Morgan fingerprint density at radius 3 is 1.76 bits per heavy atom. The van der Waals surface area contributed by atoms with Crippen LogP contribution in [0.2, 0.25) is 0 Å². The lowest BCUT2D eigenvalue weighted by molar-refractivity contribution is -0.136. The fourth-order valence-electron chi connectivity index (χ4n) is 7.61. The van der Waals surface area contributed by atoms with Crippen LogP contribution in [0.25, 0.3) is 11.1 Å². The molecule has 304 valence electrons. The highest BCUT2D eigenvalue weighted by atomic mass is 16.6. The molecule has 14 nitrogen and oxygen atoms in total. The van der Waals surface area contributed by atoms with Crippen molar-refractivity contribution in [3.8, 4) is 16.9 Å². The first-order chi connectivity index (χ1) is 28.2. The molecule has 4 amide bonds. The van der Waals surface area contributed by atoms with Crippen LogP contribution in [-0.2, 0) is 20.7 Å². The summed E-state index contributed by atoms with van der Waals surface area (Å²) in [4.78, 5) is 58.5. The van der Waals surface area contributed by atoms with Crippen molar-refractivity contribution in [3.63, 3.8) is 0 Å². The van der Waals surface area contributed by atoms with Gasteiger partial charge in [-0.05, 0) is 103 Å². The second-order valence-electron chi connectivity index (χ2n) is 14.6. The van der Waals surface area contributed by atoms with Crippen LogP contribution in [0.4, 0.5) is 32.3 Å². The monoisotopic (exact) mass is 790 g/mol. The predicted molar refractivity (Wildman–Crippen MR) is 222 cm³/mol. The van der Waals surface area contributed by atoms with Gasteiger partial charge >= 0.3 is 18.1 Å². The average molecular weight is 791 g/mol. The van der Waals surface area contributed by atoms with Gasteiger partial charge in [-0.2, -0.15) is 0 Å². The molecule has 3 aliphatic heterocycles. The number of urea groups is 1. The number of carboxylic acid groups (broad SMARTS) is 1. The van der Waals surface area contributed by atoms with Gasteiger partial charge in [0.25, 0.3) is 5.91 Å². The van der Waals surface area contributed by atoms with Crippen molar-refractivity contribution < 1.29 is 38.5 Å². The van der Waals surface area contributed by atoms with E-state index in [1.807, 2.05) is 31.2 Å². The summed E-state index contributed by atoms with van der Waals surface area (Å²) in [7, 11) is 0. The molecule has 58 heavy (non-hydrogen) atoms. The maximum atomic E-state index is 13.4. The van der Waals surface area contributed by atoms with Crippen LogP contribution >= 0.6 is 0 Å². The van der Waals surface area contributed by atoms with E-state index < -0.39 is 18.1 Å². The topological polar surface area (TPSA) is 153 Å². The molecular weight excluding hydrogens is 741 g/mol. The van der Waals surface area contributed by atoms with Gasteiger partial charge in [-0.15, -0.1) is 0 Å². The molecule has 4 aromatic rings. The molecule has 0 radical (unpaired) electrons. The number of aliphatic carboxylic acids is 1. The normalized spacial score (nSPS) is 16.1. The van der Waals surface area contributed by atoms with Crippen LogP contribution in [0.5, 0.6) is 5.75 Å². The van der Waals surface area contributed by atoms with E-state index in [0.717, 1.165) is 37.3 Å². The number of carboxylic acids is 1. The number of carbonyl (C=O) groups excluding carboxylic acids is 3. The number of carbonyl (C=O) groups is 4. The number of morpholine rings is 2. The molecular formula is C44H50N6O8. The zero-order valence-corrected chi connectivity index (χ0v) is 32.7. The lowest BCUT2D eigenvalue weighted by Gasteiger charge is -2.37. The first-order valence-electron chi connectivity index (χ1n) is 19.9. The quantitative estimate of drug-likeness (QED) is 0.155. The van der Waals surface area contributed by atoms with Crippen molar-refractivity contribution in [1.82, 2.24) is 9.80 Å². The van der Waals surface area contributed by atoms with Gasteiger partial charge in [0.2, 0.25) is 0 Å². The van der Waals surface area contributed by atoms with E-state index in [-0.39, 0.29) is 18.4 Å². The van der Waals surface area contributed by atoms with Crippen LogP contribution in [0.15, 0.2) is 91.0 Å². The van der Waals surface area contributed by atoms with Gasteiger partial charge in [-0.25, -0.2) is 9.59 Å². The second-order valence-corrected chi connectivity index (χ2v) is 14.6. The van der Waals surface area contributed by atoms with Gasteiger partial charge in [-0.1, -0.05) is 24.3 Å². The summed E-state index contributed by atoms with van der Waals surface area (Å²) in [5, 5.41) is 14.7. The van der Waals surface area contributed by atoms with Gasteiger partial charge < -0.3 is 49.6 Å². The molecule has 0 saturated carbocycles. The number of likely N-dealkylation sites (tertiary alicyclic amines) is 1. The fraction of sp³-hybridized carbons (Fsp3) is 0.364. The lowest BCUT2D eigenvalue weighted by Crippen LogP contribution is -2.49. The molecule has 3 fully saturated rings. The summed E-state index contributed by atoms with van der Waals surface area (Å²) < 4.78 is 16.8. The molecule has 3 N–H and O–H groups in total. The molecule has 0 bridgehead atoms. The Bertz CT molecular complexity index is 2000. The highest BCUT2D eigenvalue weighted by molar-refractivity contribution is 6.00. The third kappa shape index (κ3) is 10.2. The number of benzene rings is 4. The Morgan fingerprint density at radius 2 is 1.24 bits per heavy atom. The minimum absolute atomic E-state index is 0.0890. The number of nitrogens with zero attached hydrogens (tertiary/aromatic N) is 4. The third-order valence-corrected chi connectivity index (χ3v) is 10.8. The second kappa shape index (κ2) is 18.9. The maximum absolute atomic E-state index is 13.4. The number of piperidine rings is 1. The van der Waals surface area contributed by atoms with Crippen LogP contribution in [0.1, 0.15) is 35.7 Å². The minimum Gasteiger partial charge on any atom is -0.481 e. The summed E-state index contributed by atoms with van der Waals surface area (Å²) in [6.07, 6.45) is 0.615. The highest BCUT2D eigenvalue weighted by Crippen LogP contribution is 2.33. The third-order valence-electron chi connectivity index (χ3n) is 10.8. The smallest absolute Gasteiger partial charge is 0.415 e. The van der Waals surface area contributed by atoms with Crippen molar-refractivity contribution >= 4 is 46.8 Å². The molecule has 3 aliphatic rings. The summed E-state index contributed by atoms with van der Waals surface area (Å²) >= 11 is 0. The fourth-order valence-corrected chi connectivity index (χ4v) is 7.61. The number of ether oxygens (including phenoxy) is 3. The van der Waals surface area contributed by atoms with Gasteiger partial charge in [-0.3, -0.25) is 9.59 Å². The Balaban J connectivity index is 0.898. The minimum atomic E-state index is -0.930.